The fourth-order valence-electron chi connectivity index (χ4n) is 0. The molecule has 0 radical (unpaired) electrons. The summed E-state index contributed by atoms with van der Waals surface area (Å²) in [5.74, 6) is 0. The van der Waals surface area contributed by atoms with E-state index in [2.05, 4.69) is 28.5 Å². The molecule has 0 fully saturated rings. The Morgan fingerprint density at radius 1 is 1.38 bits per heavy atom. The van der Waals surface area contributed by atoms with Gasteiger partial charge in [-0.25, -0.2) is 0 Å². The van der Waals surface area contributed by atoms with Crippen LogP contribution in [0.3, 0.4) is 0 Å². The molecular formula is C3H9Cl3N2. The molecule has 0 aromatic rings. The Kier molecular flexibility index (Phi) is 30.9. The Hall–Kier alpha value is 0.500. The van der Waals surface area contributed by atoms with Crippen molar-refractivity contribution < 1.29 is 0 Å². The highest BCUT2D eigenvalue weighted by Gasteiger charge is 1.64. The van der Waals surface area contributed by atoms with E-state index in [0.717, 1.165) is 0 Å². The number of rotatable bonds is 0. The van der Waals surface area contributed by atoms with Crippen LogP contribution in [0.25, 0.3) is 0 Å². The van der Waals surface area contributed by atoms with Crippen LogP contribution < -0.4 is 5.32 Å². The summed E-state index contributed by atoms with van der Waals surface area (Å²) in [5.41, 5.74) is 0. The smallest absolute Gasteiger partial charge is 0.189 e. The van der Waals surface area contributed by atoms with E-state index < -0.39 is 0 Å². The molecule has 0 saturated carbocycles. The van der Waals surface area contributed by atoms with Gasteiger partial charge in [0.15, 0.2) is 4.63 Å². The van der Waals surface area contributed by atoms with E-state index >= 15 is 0 Å². The number of hydrogen-bond acceptors (Lipinski definition) is 2. The maximum absolute atomic E-state index is 6.03. The molecule has 0 aliphatic heterocycles. The minimum atomic E-state index is -0.389. The van der Waals surface area contributed by atoms with Gasteiger partial charge in [0.1, 0.15) is 0 Å². The number of halogens is 3. The van der Waals surface area contributed by atoms with E-state index in [9.17, 15) is 0 Å². The van der Waals surface area contributed by atoms with E-state index in [1.165, 1.54) is 0 Å². The molecule has 0 spiro atoms. The Morgan fingerprint density at radius 2 is 1.38 bits per heavy atom. The van der Waals surface area contributed by atoms with Crippen LogP contribution >= 0.6 is 35.6 Å². The second kappa shape index (κ2) is 15.6. The molecule has 0 aliphatic rings. The van der Waals surface area contributed by atoms with Gasteiger partial charge in [-0.15, -0.1) is 12.4 Å². The monoisotopic (exact) mass is 178 g/mol. The van der Waals surface area contributed by atoms with Crippen molar-refractivity contribution in [2.75, 3.05) is 14.1 Å². The molecule has 0 heterocycles. The third-order valence-corrected chi connectivity index (χ3v) is 0. The van der Waals surface area contributed by atoms with Crippen molar-refractivity contribution >= 4 is 40.2 Å². The lowest BCUT2D eigenvalue weighted by Crippen LogP contribution is -1.89. The Labute approximate surface area is 65.5 Å². The number of nitrogens with one attached hydrogen (secondary N) is 2. The van der Waals surface area contributed by atoms with Crippen molar-refractivity contribution in [3.05, 3.63) is 0 Å². The average molecular weight is 179 g/mol. The SMILES string of the molecule is CNC.Cl.N=C(Cl)Cl. The topological polar surface area (TPSA) is 35.9 Å². The van der Waals surface area contributed by atoms with Crippen molar-refractivity contribution in [1.29, 1.82) is 5.41 Å². The maximum Gasteiger partial charge on any atom is 0.189 e. The zero-order valence-electron chi connectivity index (χ0n) is 4.66. The second-order valence-corrected chi connectivity index (χ2v) is 1.71. The maximum atomic E-state index is 6.03. The van der Waals surface area contributed by atoms with Gasteiger partial charge < -0.3 is 5.32 Å². The molecule has 0 saturated heterocycles. The summed E-state index contributed by atoms with van der Waals surface area (Å²) in [4.78, 5) is 0. The predicted octanol–water partition coefficient (Wildman–Crippen LogP) is 1.66. The van der Waals surface area contributed by atoms with Crippen molar-refractivity contribution in [3.63, 3.8) is 0 Å². The zero-order chi connectivity index (χ0) is 6.28. The van der Waals surface area contributed by atoms with Crippen molar-refractivity contribution in [1.82, 2.24) is 5.32 Å². The lowest BCUT2D eigenvalue weighted by molar-refractivity contribution is 1.02. The first-order chi connectivity index (χ1) is 3.15. The van der Waals surface area contributed by atoms with Crippen LogP contribution in [0.1, 0.15) is 0 Å². The van der Waals surface area contributed by atoms with Crippen LogP contribution in [0.4, 0.5) is 0 Å². The molecule has 0 unspecified atom stereocenters. The Bertz CT molecular complexity index is 43.8. The van der Waals surface area contributed by atoms with Gasteiger partial charge >= 0.3 is 0 Å². The third-order valence-electron chi connectivity index (χ3n) is 0. The van der Waals surface area contributed by atoms with Crippen LogP contribution in [0.15, 0.2) is 0 Å². The Balaban J connectivity index is -0.0000000575. The van der Waals surface area contributed by atoms with Gasteiger partial charge in [0.25, 0.3) is 0 Å². The molecule has 0 aromatic heterocycles. The minimum Gasteiger partial charge on any atom is -0.323 e. The summed E-state index contributed by atoms with van der Waals surface area (Å²) in [5, 5.41) is 8.78. The largest absolute Gasteiger partial charge is 0.323 e. The van der Waals surface area contributed by atoms with Gasteiger partial charge in [0.05, 0.1) is 0 Å². The fraction of sp³-hybridized carbons (Fsp3) is 0.667. The van der Waals surface area contributed by atoms with Crippen LogP contribution in [0, 0.1) is 5.41 Å². The van der Waals surface area contributed by atoms with E-state index in [4.69, 9.17) is 5.41 Å². The molecule has 0 aliphatic carbocycles. The molecular weight excluding hydrogens is 170 g/mol. The van der Waals surface area contributed by atoms with Crippen LogP contribution in [-0.4, -0.2) is 18.7 Å². The lowest BCUT2D eigenvalue weighted by Gasteiger charge is -1.59. The zero-order valence-corrected chi connectivity index (χ0v) is 6.99. The van der Waals surface area contributed by atoms with Gasteiger partial charge in [0.2, 0.25) is 0 Å². The summed E-state index contributed by atoms with van der Waals surface area (Å²) in [6.45, 7) is 0. The first kappa shape index (κ1) is 15.8. The van der Waals surface area contributed by atoms with Gasteiger partial charge in [-0.1, -0.05) is 0 Å². The quantitative estimate of drug-likeness (QED) is 0.545. The molecule has 52 valence electrons. The average Bonchev–Trinajstić information content (AvgIpc) is 1.33. The van der Waals surface area contributed by atoms with E-state index in [-0.39, 0.29) is 17.0 Å². The number of hydrogen-bond donors (Lipinski definition) is 2. The van der Waals surface area contributed by atoms with Crippen LogP contribution in [-0.2, 0) is 0 Å². The van der Waals surface area contributed by atoms with Crippen LogP contribution in [0.5, 0.6) is 0 Å². The second-order valence-electron chi connectivity index (χ2n) is 0.760. The summed E-state index contributed by atoms with van der Waals surface area (Å²) >= 11 is 9.25. The van der Waals surface area contributed by atoms with Crippen molar-refractivity contribution in [2.45, 2.75) is 0 Å². The van der Waals surface area contributed by atoms with E-state index in [1.54, 1.807) is 0 Å². The van der Waals surface area contributed by atoms with E-state index in [1.807, 2.05) is 14.1 Å². The molecule has 0 amide bonds. The fourth-order valence-corrected chi connectivity index (χ4v) is 0. The van der Waals surface area contributed by atoms with Crippen molar-refractivity contribution in [2.24, 2.45) is 0 Å². The highest BCUT2D eigenvalue weighted by molar-refractivity contribution is 6.94. The predicted molar refractivity (Wildman–Crippen MR) is 41.7 cm³/mol. The molecule has 2 nitrogen and oxygen atoms in total. The molecule has 0 aromatic carbocycles. The highest BCUT2D eigenvalue weighted by Crippen LogP contribution is 1.81. The van der Waals surface area contributed by atoms with Gasteiger partial charge in [-0.05, 0) is 37.3 Å². The Morgan fingerprint density at radius 3 is 1.38 bits per heavy atom. The minimum absolute atomic E-state index is 0. The summed E-state index contributed by atoms with van der Waals surface area (Å²) in [7, 11) is 3.75. The third kappa shape index (κ3) is 787. The van der Waals surface area contributed by atoms with Gasteiger partial charge in [-0.3, -0.25) is 5.41 Å². The molecule has 8 heavy (non-hydrogen) atoms. The standard InChI is InChI=1S/C2H7N.CHCl2N.ClH/c1-3-2;2-1(3)4;/h3H,1-2H3;4H;1H. The molecule has 0 bridgehead atoms. The normalized spacial score (nSPS) is 5.50. The molecule has 0 atom stereocenters. The van der Waals surface area contributed by atoms with E-state index in [0.29, 0.717) is 0 Å². The first-order valence-corrected chi connectivity index (χ1v) is 2.38. The first-order valence-electron chi connectivity index (χ1n) is 1.63. The van der Waals surface area contributed by atoms with Gasteiger partial charge in [-0.2, -0.15) is 0 Å². The summed E-state index contributed by atoms with van der Waals surface area (Å²) < 4.78 is -0.389. The summed E-state index contributed by atoms with van der Waals surface area (Å²) in [6, 6.07) is 0. The van der Waals surface area contributed by atoms with Crippen molar-refractivity contribution in [3.8, 4) is 0 Å². The molecule has 5 heteroatoms. The molecule has 0 rings (SSSR count). The highest BCUT2D eigenvalue weighted by atomic mass is 35.5. The molecule has 2 N–H and O–H groups in total. The van der Waals surface area contributed by atoms with Crippen LogP contribution in [0.2, 0.25) is 0 Å². The summed E-state index contributed by atoms with van der Waals surface area (Å²) in [6.07, 6.45) is 0. The lowest BCUT2D eigenvalue weighted by atomic mass is 11.3. The van der Waals surface area contributed by atoms with Gasteiger partial charge in [0, 0.05) is 0 Å².